The summed E-state index contributed by atoms with van der Waals surface area (Å²) in [5.74, 6) is 0.117. The largest absolute Gasteiger partial charge is 0.371 e. The number of carbonyl (C=O) groups excluding carboxylic acids is 2. The summed E-state index contributed by atoms with van der Waals surface area (Å²) in [7, 11) is 0. The fraction of sp³-hybridized carbons (Fsp3) is 0.364. The summed E-state index contributed by atoms with van der Waals surface area (Å²) < 4.78 is 0. The number of hydrogen-bond acceptors (Lipinski definition) is 3. The van der Waals surface area contributed by atoms with Gasteiger partial charge in [0.15, 0.2) is 5.78 Å². The van der Waals surface area contributed by atoms with Gasteiger partial charge in [0.2, 0.25) is 0 Å². The zero-order valence-electron chi connectivity index (χ0n) is 15.1. The highest BCUT2D eigenvalue weighted by molar-refractivity contribution is 6.05. The number of nitrogens with zero attached hydrogens (tertiary/aromatic N) is 1. The number of fused-ring (bicyclic) bond motifs is 1. The molecule has 2 aliphatic rings. The van der Waals surface area contributed by atoms with Gasteiger partial charge in [-0.25, -0.2) is 0 Å². The van der Waals surface area contributed by atoms with E-state index >= 15 is 0 Å². The molecule has 0 spiro atoms. The lowest BCUT2D eigenvalue weighted by Gasteiger charge is -2.34. The normalized spacial score (nSPS) is 17.3. The van der Waals surface area contributed by atoms with Crippen LogP contribution in [0.15, 0.2) is 42.5 Å². The Hall–Kier alpha value is -2.62. The molecule has 0 radical (unpaired) electrons. The highest BCUT2D eigenvalue weighted by Crippen LogP contribution is 2.26. The maximum absolute atomic E-state index is 12.7. The molecule has 0 unspecified atom stereocenters. The number of Topliss-reactive ketones (excluding diaryl/α,β-unsaturated/α-hetero) is 1. The molecule has 1 aliphatic heterocycles. The van der Waals surface area contributed by atoms with Crippen molar-refractivity contribution in [3.63, 3.8) is 0 Å². The summed E-state index contributed by atoms with van der Waals surface area (Å²) in [5, 5.41) is 3.19. The molecule has 1 heterocycles. The smallest absolute Gasteiger partial charge is 0.251 e. The first-order valence-corrected chi connectivity index (χ1v) is 9.39. The third-order valence-corrected chi connectivity index (χ3v) is 5.52. The van der Waals surface area contributed by atoms with E-state index in [1.165, 1.54) is 11.3 Å². The Bertz CT molecular complexity index is 851. The van der Waals surface area contributed by atoms with E-state index in [0.29, 0.717) is 18.4 Å². The van der Waals surface area contributed by atoms with Crippen molar-refractivity contribution in [3.05, 3.63) is 64.7 Å². The van der Waals surface area contributed by atoms with Gasteiger partial charge in [-0.1, -0.05) is 24.3 Å². The molecular formula is C22H24N2O2. The van der Waals surface area contributed by atoms with Crippen LogP contribution < -0.4 is 10.2 Å². The molecule has 4 heteroatoms. The molecule has 0 atom stereocenters. The molecule has 1 fully saturated rings. The molecule has 1 N–H and O–H groups in total. The van der Waals surface area contributed by atoms with Crippen molar-refractivity contribution in [1.82, 2.24) is 5.32 Å². The minimum absolute atomic E-state index is 0.0365. The van der Waals surface area contributed by atoms with E-state index in [9.17, 15) is 9.59 Å². The highest BCUT2D eigenvalue weighted by Gasteiger charge is 2.26. The number of anilines is 1. The number of aryl methyl sites for hydroxylation is 1. The number of piperidine rings is 1. The van der Waals surface area contributed by atoms with Gasteiger partial charge >= 0.3 is 0 Å². The maximum atomic E-state index is 12.7. The highest BCUT2D eigenvalue weighted by atomic mass is 16.1. The molecule has 0 bridgehead atoms. The van der Waals surface area contributed by atoms with Crippen LogP contribution in [-0.4, -0.2) is 30.8 Å². The Morgan fingerprint density at radius 1 is 1.08 bits per heavy atom. The topological polar surface area (TPSA) is 49.4 Å². The zero-order chi connectivity index (χ0) is 18.1. The lowest BCUT2D eigenvalue weighted by atomic mass is 10.00. The monoisotopic (exact) mass is 348 g/mol. The van der Waals surface area contributed by atoms with Crippen molar-refractivity contribution in [2.24, 2.45) is 0 Å². The predicted octanol–water partition coefficient (Wildman–Crippen LogP) is 3.52. The van der Waals surface area contributed by atoms with Gasteiger partial charge in [-0.15, -0.1) is 0 Å². The molecule has 2 aromatic carbocycles. The molecule has 134 valence electrons. The van der Waals surface area contributed by atoms with Gasteiger partial charge in [0, 0.05) is 42.4 Å². The Morgan fingerprint density at radius 2 is 1.85 bits per heavy atom. The minimum Gasteiger partial charge on any atom is -0.371 e. The van der Waals surface area contributed by atoms with Crippen molar-refractivity contribution in [2.75, 3.05) is 18.0 Å². The molecule has 26 heavy (non-hydrogen) atoms. The van der Waals surface area contributed by atoms with E-state index in [2.05, 4.69) is 41.4 Å². The number of nitrogens with one attached hydrogen (secondary N) is 1. The van der Waals surface area contributed by atoms with Gasteiger partial charge in [-0.3, -0.25) is 9.59 Å². The van der Waals surface area contributed by atoms with Crippen LogP contribution in [0.25, 0.3) is 0 Å². The van der Waals surface area contributed by atoms with E-state index in [1.807, 2.05) is 18.2 Å². The van der Waals surface area contributed by atoms with Gasteiger partial charge in [0.1, 0.15) is 0 Å². The van der Waals surface area contributed by atoms with Gasteiger partial charge in [0.05, 0.1) is 0 Å². The van der Waals surface area contributed by atoms with Crippen molar-refractivity contribution in [3.8, 4) is 0 Å². The van der Waals surface area contributed by atoms with E-state index in [4.69, 9.17) is 0 Å². The van der Waals surface area contributed by atoms with Crippen LogP contribution in [0, 0.1) is 6.92 Å². The number of rotatable bonds is 3. The van der Waals surface area contributed by atoms with E-state index in [1.54, 1.807) is 0 Å². The molecular weight excluding hydrogens is 324 g/mol. The third-order valence-electron chi connectivity index (χ3n) is 5.52. The number of ketones is 1. The molecule has 1 amide bonds. The predicted molar refractivity (Wildman–Crippen MR) is 103 cm³/mol. The van der Waals surface area contributed by atoms with Crippen LogP contribution >= 0.6 is 0 Å². The SMILES string of the molecule is Cc1cccc(N2CCC(NC(=O)c3cccc4c3CCC4=O)CC2)c1. The summed E-state index contributed by atoms with van der Waals surface area (Å²) in [4.78, 5) is 27.0. The Morgan fingerprint density at radius 3 is 2.62 bits per heavy atom. The fourth-order valence-electron chi connectivity index (χ4n) is 4.07. The number of carbonyl (C=O) groups is 2. The molecule has 0 saturated carbocycles. The summed E-state index contributed by atoms with van der Waals surface area (Å²) in [6, 6.07) is 14.2. The van der Waals surface area contributed by atoms with E-state index in [0.717, 1.165) is 37.1 Å². The second-order valence-corrected chi connectivity index (χ2v) is 7.33. The lowest BCUT2D eigenvalue weighted by molar-refractivity contribution is 0.0929. The summed E-state index contributed by atoms with van der Waals surface area (Å²) in [6.45, 7) is 4.00. The van der Waals surface area contributed by atoms with E-state index in [-0.39, 0.29) is 17.7 Å². The van der Waals surface area contributed by atoms with E-state index < -0.39 is 0 Å². The van der Waals surface area contributed by atoms with Crippen molar-refractivity contribution >= 4 is 17.4 Å². The summed E-state index contributed by atoms with van der Waals surface area (Å²) in [6.07, 6.45) is 3.08. The number of hydrogen-bond donors (Lipinski definition) is 1. The van der Waals surface area contributed by atoms with Crippen LogP contribution in [0.4, 0.5) is 5.69 Å². The van der Waals surface area contributed by atoms with Crippen molar-refractivity contribution in [2.45, 2.75) is 38.6 Å². The Balaban J connectivity index is 1.39. The average Bonchev–Trinajstić information content (AvgIpc) is 3.03. The first kappa shape index (κ1) is 16.8. The molecule has 4 rings (SSSR count). The second kappa shape index (κ2) is 6.94. The first-order valence-electron chi connectivity index (χ1n) is 9.39. The van der Waals surface area contributed by atoms with Crippen molar-refractivity contribution < 1.29 is 9.59 Å². The standard InChI is InChI=1S/C22H24N2O2/c1-15-4-2-5-17(14-15)24-12-10-16(11-13-24)23-22(26)20-7-3-6-19-18(20)8-9-21(19)25/h2-7,14,16H,8-13H2,1H3,(H,23,26). The van der Waals surface area contributed by atoms with Crippen LogP contribution in [-0.2, 0) is 6.42 Å². The van der Waals surface area contributed by atoms with Crippen LogP contribution in [0.5, 0.6) is 0 Å². The quantitative estimate of drug-likeness (QED) is 0.923. The van der Waals surface area contributed by atoms with Gasteiger partial charge in [-0.2, -0.15) is 0 Å². The zero-order valence-corrected chi connectivity index (χ0v) is 15.1. The Labute approximate surface area is 154 Å². The molecule has 4 nitrogen and oxygen atoms in total. The number of benzene rings is 2. The first-order chi connectivity index (χ1) is 12.6. The molecule has 2 aromatic rings. The fourth-order valence-corrected chi connectivity index (χ4v) is 4.07. The maximum Gasteiger partial charge on any atom is 0.251 e. The average molecular weight is 348 g/mol. The number of amides is 1. The molecule has 1 saturated heterocycles. The lowest BCUT2D eigenvalue weighted by Crippen LogP contribution is -2.44. The molecule has 1 aliphatic carbocycles. The van der Waals surface area contributed by atoms with Gasteiger partial charge in [-0.05, 0) is 55.5 Å². The van der Waals surface area contributed by atoms with Gasteiger partial charge in [0.25, 0.3) is 5.91 Å². The van der Waals surface area contributed by atoms with Crippen LogP contribution in [0.3, 0.4) is 0 Å². The summed E-state index contributed by atoms with van der Waals surface area (Å²) >= 11 is 0. The second-order valence-electron chi connectivity index (χ2n) is 7.33. The van der Waals surface area contributed by atoms with Gasteiger partial charge < -0.3 is 10.2 Å². The Kier molecular flexibility index (Phi) is 4.49. The van der Waals surface area contributed by atoms with Crippen LogP contribution in [0.1, 0.15) is 51.1 Å². The third kappa shape index (κ3) is 3.24. The summed E-state index contributed by atoms with van der Waals surface area (Å²) in [5.41, 5.74) is 4.85. The molecule has 0 aromatic heterocycles. The van der Waals surface area contributed by atoms with Crippen molar-refractivity contribution in [1.29, 1.82) is 0 Å². The minimum atomic E-state index is -0.0365. The van der Waals surface area contributed by atoms with Crippen LogP contribution in [0.2, 0.25) is 0 Å².